The largest absolute Gasteiger partial charge is 0.494 e. The second kappa shape index (κ2) is 8.88. The average Bonchev–Trinajstić information content (AvgIpc) is 2.56. The number of carbonyl (C=O) groups is 1. The van der Waals surface area contributed by atoms with Crippen LogP contribution in [-0.2, 0) is 0 Å². The first-order valence-corrected chi connectivity index (χ1v) is 8.12. The Morgan fingerprint density at radius 3 is 2.54 bits per heavy atom. The minimum Gasteiger partial charge on any atom is -0.494 e. The second-order valence-corrected chi connectivity index (χ2v) is 5.21. The molecule has 0 aliphatic carbocycles. The maximum atomic E-state index is 12.4. The van der Waals surface area contributed by atoms with E-state index < -0.39 is 0 Å². The molecular formula is C18H20N2O3S. The molecule has 5 nitrogen and oxygen atoms in total. The van der Waals surface area contributed by atoms with Gasteiger partial charge in [-0.25, -0.2) is 0 Å². The molecule has 0 radical (unpaired) electrons. The number of para-hydroxylation sites is 1. The predicted octanol–water partition coefficient (Wildman–Crippen LogP) is 3.61. The van der Waals surface area contributed by atoms with Gasteiger partial charge >= 0.3 is 0 Å². The number of carbonyl (C=O) groups excluding carboxylic acids is 1. The molecule has 2 aromatic rings. The fourth-order valence-corrected chi connectivity index (χ4v) is 2.31. The summed E-state index contributed by atoms with van der Waals surface area (Å²) in [5.41, 5.74) is 1.18. The average molecular weight is 344 g/mol. The smallest absolute Gasteiger partial charge is 0.261 e. The second-order valence-electron chi connectivity index (χ2n) is 4.80. The summed E-state index contributed by atoms with van der Waals surface area (Å²) >= 11 is 5.20. The van der Waals surface area contributed by atoms with Crippen LogP contribution in [0.3, 0.4) is 0 Å². The molecule has 0 aliphatic rings. The number of anilines is 1. The van der Waals surface area contributed by atoms with Crippen LogP contribution >= 0.6 is 12.2 Å². The molecule has 0 bridgehead atoms. The molecule has 0 saturated heterocycles. The minimum absolute atomic E-state index is 0.208. The first-order valence-electron chi connectivity index (χ1n) is 7.71. The van der Waals surface area contributed by atoms with Gasteiger partial charge in [-0.05, 0) is 50.3 Å². The number of amides is 1. The molecule has 2 N–H and O–H groups in total. The molecule has 0 aromatic heterocycles. The molecule has 0 fully saturated rings. The van der Waals surface area contributed by atoms with Gasteiger partial charge in [0.2, 0.25) is 0 Å². The van der Waals surface area contributed by atoms with E-state index in [4.69, 9.17) is 21.7 Å². The van der Waals surface area contributed by atoms with Crippen molar-refractivity contribution in [2.24, 2.45) is 0 Å². The van der Waals surface area contributed by atoms with Crippen molar-refractivity contribution in [3.05, 3.63) is 54.1 Å². The molecule has 126 valence electrons. The zero-order chi connectivity index (χ0) is 17.4. The van der Waals surface area contributed by atoms with Crippen molar-refractivity contribution >= 4 is 28.9 Å². The lowest BCUT2D eigenvalue weighted by atomic mass is 10.2. The topological polar surface area (TPSA) is 59.6 Å². The van der Waals surface area contributed by atoms with Crippen molar-refractivity contribution in [2.45, 2.75) is 13.8 Å². The van der Waals surface area contributed by atoms with Gasteiger partial charge in [0.15, 0.2) is 5.11 Å². The fourth-order valence-electron chi connectivity index (χ4n) is 2.10. The quantitative estimate of drug-likeness (QED) is 0.784. The highest BCUT2D eigenvalue weighted by atomic mass is 32.1. The van der Waals surface area contributed by atoms with Crippen LogP contribution in [0.25, 0.3) is 0 Å². The third kappa shape index (κ3) is 4.96. The zero-order valence-electron chi connectivity index (χ0n) is 13.7. The standard InChI is InChI=1S/C18H20N2O3S/c1-3-22-14-9-7-8-13(12-14)19-18(24)20-17(21)15-10-5-6-11-16(15)23-4-2/h5-12H,3-4H2,1-2H3,(H2,19,20,21,24). The fraction of sp³-hybridized carbons (Fsp3) is 0.222. The van der Waals surface area contributed by atoms with Crippen LogP contribution in [0.2, 0.25) is 0 Å². The van der Waals surface area contributed by atoms with Crippen molar-refractivity contribution in [1.29, 1.82) is 0 Å². The molecule has 2 rings (SSSR count). The van der Waals surface area contributed by atoms with E-state index in [1.807, 2.05) is 44.2 Å². The highest BCUT2D eigenvalue weighted by Gasteiger charge is 2.13. The van der Waals surface area contributed by atoms with Gasteiger partial charge in [0.05, 0.1) is 18.8 Å². The first kappa shape index (κ1) is 17.7. The molecule has 6 heteroatoms. The highest BCUT2D eigenvalue weighted by molar-refractivity contribution is 7.80. The third-order valence-electron chi connectivity index (χ3n) is 3.06. The lowest BCUT2D eigenvalue weighted by Crippen LogP contribution is -2.34. The predicted molar refractivity (Wildman–Crippen MR) is 98.9 cm³/mol. The Balaban J connectivity index is 2.02. The van der Waals surface area contributed by atoms with Crippen molar-refractivity contribution in [2.75, 3.05) is 18.5 Å². The van der Waals surface area contributed by atoms with E-state index in [1.54, 1.807) is 18.2 Å². The van der Waals surface area contributed by atoms with Gasteiger partial charge in [-0.3, -0.25) is 10.1 Å². The normalized spacial score (nSPS) is 9.92. The Morgan fingerprint density at radius 2 is 1.79 bits per heavy atom. The van der Waals surface area contributed by atoms with Crippen LogP contribution in [0.4, 0.5) is 5.69 Å². The van der Waals surface area contributed by atoms with Gasteiger partial charge in [0, 0.05) is 11.8 Å². The van der Waals surface area contributed by atoms with Crippen LogP contribution in [-0.4, -0.2) is 24.2 Å². The summed E-state index contributed by atoms with van der Waals surface area (Å²) in [7, 11) is 0. The lowest BCUT2D eigenvalue weighted by Gasteiger charge is -2.13. The Hall–Kier alpha value is -2.60. The van der Waals surface area contributed by atoms with Crippen LogP contribution < -0.4 is 20.1 Å². The van der Waals surface area contributed by atoms with Gasteiger partial charge in [0.25, 0.3) is 5.91 Å². The van der Waals surface area contributed by atoms with E-state index in [0.717, 1.165) is 11.4 Å². The molecule has 1 amide bonds. The van der Waals surface area contributed by atoms with E-state index in [1.165, 1.54) is 0 Å². The van der Waals surface area contributed by atoms with Crippen LogP contribution in [0.5, 0.6) is 11.5 Å². The summed E-state index contributed by atoms with van der Waals surface area (Å²) in [5.74, 6) is 0.939. The number of rotatable bonds is 6. The number of ether oxygens (including phenoxy) is 2. The summed E-state index contributed by atoms with van der Waals surface area (Å²) in [4.78, 5) is 12.4. The SMILES string of the molecule is CCOc1cccc(NC(=S)NC(=O)c2ccccc2OCC)c1. The number of nitrogens with one attached hydrogen (secondary N) is 2. The molecule has 0 spiro atoms. The Labute approximate surface area is 147 Å². The first-order chi connectivity index (χ1) is 11.6. The number of hydrogen-bond acceptors (Lipinski definition) is 4. The monoisotopic (exact) mass is 344 g/mol. The number of hydrogen-bond donors (Lipinski definition) is 2. The summed E-state index contributed by atoms with van der Waals surface area (Å²) in [6, 6.07) is 14.4. The Morgan fingerprint density at radius 1 is 1.04 bits per heavy atom. The molecular weight excluding hydrogens is 324 g/mol. The molecule has 0 atom stereocenters. The van der Waals surface area contributed by atoms with E-state index in [0.29, 0.717) is 24.5 Å². The Bertz CT molecular complexity index is 719. The molecule has 2 aromatic carbocycles. The van der Waals surface area contributed by atoms with Crippen LogP contribution in [0.1, 0.15) is 24.2 Å². The number of thiocarbonyl (C=S) groups is 1. The van der Waals surface area contributed by atoms with Crippen molar-refractivity contribution in [3.63, 3.8) is 0 Å². The van der Waals surface area contributed by atoms with Crippen LogP contribution in [0, 0.1) is 0 Å². The van der Waals surface area contributed by atoms with Gasteiger partial charge in [-0.2, -0.15) is 0 Å². The number of benzene rings is 2. The van der Waals surface area contributed by atoms with E-state index in [2.05, 4.69) is 10.6 Å². The maximum absolute atomic E-state index is 12.4. The van der Waals surface area contributed by atoms with E-state index in [-0.39, 0.29) is 11.0 Å². The molecule has 0 heterocycles. The molecule has 0 saturated carbocycles. The summed E-state index contributed by atoms with van der Waals surface area (Å²) in [6.45, 7) is 4.85. The van der Waals surface area contributed by atoms with Gasteiger partial charge in [-0.1, -0.05) is 18.2 Å². The highest BCUT2D eigenvalue weighted by Crippen LogP contribution is 2.19. The molecule has 24 heavy (non-hydrogen) atoms. The van der Waals surface area contributed by atoms with Crippen LogP contribution in [0.15, 0.2) is 48.5 Å². The van der Waals surface area contributed by atoms with Crippen molar-refractivity contribution < 1.29 is 14.3 Å². The van der Waals surface area contributed by atoms with Gasteiger partial charge in [0.1, 0.15) is 11.5 Å². The molecule has 0 aliphatic heterocycles. The van der Waals surface area contributed by atoms with Crippen molar-refractivity contribution in [3.8, 4) is 11.5 Å². The van der Waals surface area contributed by atoms with E-state index >= 15 is 0 Å². The van der Waals surface area contributed by atoms with E-state index in [9.17, 15) is 4.79 Å². The van der Waals surface area contributed by atoms with Crippen molar-refractivity contribution in [1.82, 2.24) is 5.32 Å². The minimum atomic E-state index is -0.322. The summed E-state index contributed by atoms with van der Waals surface area (Å²) < 4.78 is 10.9. The molecule has 0 unspecified atom stereocenters. The van der Waals surface area contributed by atoms with Gasteiger partial charge < -0.3 is 14.8 Å². The maximum Gasteiger partial charge on any atom is 0.261 e. The summed E-state index contributed by atoms with van der Waals surface area (Å²) in [6.07, 6.45) is 0. The Kier molecular flexibility index (Phi) is 6.57. The van der Waals surface area contributed by atoms with Gasteiger partial charge in [-0.15, -0.1) is 0 Å². The lowest BCUT2D eigenvalue weighted by molar-refractivity contribution is 0.0974. The zero-order valence-corrected chi connectivity index (χ0v) is 14.5. The third-order valence-corrected chi connectivity index (χ3v) is 3.27. The summed E-state index contributed by atoms with van der Waals surface area (Å²) in [5, 5.41) is 5.84.